The molecule has 0 aromatic heterocycles. The molecular formula is C16H20O5. The van der Waals surface area contributed by atoms with Crippen LogP contribution in [0.15, 0.2) is 30.3 Å². The number of carbonyl (C=O) groups excluding carboxylic acids is 1. The lowest BCUT2D eigenvalue weighted by atomic mass is 10.1. The summed E-state index contributed by atoms with van der Waals surface area (Å²) in [5.74, 6) is -0.949. The first kappa shape index (κ1) is 14.5. The third kappa shape index (κ3) is 3.10. The zero-order valence-electron chi connectivity index (χ0n) is 12.4. The van der Waals surface area contributed by atoms with E-state index >= 15 is 0 Å². The SMILES string of the molecule is C[C@@H](OC(=O)c1ccccc1)C1C[C@H]2OC(C)(C)O[C@H]2O1. The molecule has 0 aliphatic carbocycles. The topological polar surface area (TPSA) is 54.0 Å². The molecule has 2 heterocycles. The molecule has 1 aromatic carbocycles. The Kier molecular flexibility index (Phi) is 3.73. The number of hydrogen-bond acceptors (Lipinski definition) is 5. The van der Waals surface area contributed by atoms with Gasteiger partial charge >= 0.3 is 5.97 Å². The summed E-state index contributed by atoms with van der Waals surface area (Å²) in [7, 11) is 0. The number of hydrogen-bond donors (Lipinski definition) is 0. The van der Waals surface area contributed by atoms with E-state index in [-0.39, 0.29) is 30.6 Å². The van der Waals surface area contributed by atoms with Gasteiger partial charge in [0.25, 0.3) is 0 Å². The summed E-state index contributed by atoms with van der Waals surface area (Å²) in [4.78, 5) is 12.0. The van der Waals surface area contributed by atoms with Crippen molar-refractivity contribution in [3.8, 4) is 0 Å². The van der Waals surface area contributed by atoms with Gasteiger partial charge in [0.2, 0.25) is 0 Å². The van der Waals surface area contributed by atoms with Gasteiger partial charge in [-0.1, -0.05) is 18.2 Å². The van der Waals surface area contributed by atoms with Gasteiger partial charge in [0.05, 0.1) is 5.56 Å². The van der Waals surface area contributed by atoms with Crippen LogP contribution in [0, 0.1) is 0 Å². The molecule has 0 radical (unpaired) electrons. The third-order valence-corrected chi connectivity index (χ3v) is 3.74. The van der Waals surface area contributed by atoms with E-state index in [1.54, 1.807) is 12.1 Å². The predicted octanol–water partition coefficient (Wildman–Crippen LogP) is 2.50. The molecule has 0 amide bonds. The van der Waals surface area contributed by atoms with Crippen molar-refractivity contribution in [2.45, 2.75) is 57.6 Å². The van der Waals surface area contributed by atoms with E-state index in [9.17, 15) is 4.79 Å². The molecule has 4 atom stereocenters. The summed E-state index contributed by atoms with van der Waals surface area (Å²) in [5.41, 5.74) is 0.538. The fourth-order valence-electron chi connectivity index (χ4n) is 2.72. The van der Waals surface area contributed by atoms with E-state index < -0.39 is 5.79 Å². The van der Waals surface area contributed by atoms with E-state index in [1.165, 1.54) is 0 Å². The number of ether oxygens (including phenoxy) is 4. The maximum Gasteiger partial charge on any atom is 0.338 e. The third-order valence-electron chi connectivity index (χ3n) is 3.74. The zero-order valence-corrected chi connectivity index (χ0v) is 12.4. The Morgan fingerprint density at radius 3 is 2.67 bits per heavy atom. The first-order valence-corrected chi connectivity index (χ1v) is 7.22. The van der Waals surface area contributed by atoms with Crippen LogP contribution in [0.4, 0.5) is 0 Å². The second-order valence-electron chi connectivity index (χ2n) is 5.93. The molecule has 0 saturated carbocycles. The van der Waals surface area contributed by atoms with Crippen molar-refractivity contribution >= 4 is 5.97 Å². The second-order valence-corrected chi connectivity index (χ2v) is 5.93. The summed E-state index contributed by atoms with van der Waals surface area (Å²) in [5, 5.41) is 0. The molecule has 2 saturated heterocycles. The van der Waals surface area contributed by atoms with E-state index in [0.29, 0.717) is 12.0 Å². The van der Waals surface area contributed by atoms with Crippen molar-refractivity contribution in [3.05, 3.63) is 35.9 Å². The molecule has 5 heteroatoms. The minimum Gasteiger partial charge on any atom is -0.456 e. The van der Waals surface area contributed by atoms with Gasteiger partial charge in [-0.3, -0.25) is 0 Å². The Bertz CT molecular complexity index is 497. The average Bonchev–Trinajstić information content (AvgIpc) is 2.93. The number of fused-ring (bicyclic) bond motifs is 1. The van der Waals surface area contributed by atoms with Crippen LogP contribution in [0.5, 0.6) is 0 Å². The number of benzene rings is 1. The van der Waals surface area contributed by atoms with Gasteiger partial charge in [0.15, 0.2) is 12.1 Å². The summed E-state index contributed by atoms with van der Waals surface area (Å²) < 4.78 is 22.7. The summed E-state index contributed by atoms with van der Waals surface area (Å²) in [6.07, 6.45) is -0.356. The Balaban J connectivity index is 1.56. The van der Waals surface area contributed by atoms with Crippen LogP contribution in [0.1, 0.15) is 37.6 Å². The quantitative estimate of drug-likeness (QED) is 0.801. The van der Waals surface area contributed by atoms with Crippen LogP contribution in [0.25, 0.3) is 0 Å². The van der Waals surface area contributed by atoms with Gasteiger partial charge in [-0.2, -0.15) is 0 Å². The van der Waals surface area contributed by atoms with Crippen molar-refractivity contribution in [1.82, 2.24) is 0 Å². The van der Waals surface area contributed by atoms with Crippen molar-refractivity contribution in [2.24, 2.45) is 0 Å². The molecule has 0 spiro atoms. The number of rotatable bonds is 3. The molecule has 2 aliphatic heterocycles. The number of carbonyl (C=O) groups is 1. The molecular weight excluding hydrogens is 272 g/mol. The van der Waals surface area contributed by atoms with Gasteiger partial charge in [-0.25, -0.2) is 4.79 Å². The minimum atomic E-state index is -0.607. The lowest BCUT2D eigenvalue weighted by molar-refractivity contribution is -0.213. The molecule has 2 aliphatic rings. The molecule has 1 aromatic rings. The fourth-order valence-corrected chi connectivity index (χ4v) is 2.72. The summed E-state index contributed by atoms with van der Waals surface area (Å²) >= 11 is 0. The lowest BCUT2D eigenvalue weighted by Gasteiger charge is -2.23. The maximum atomic E-state index is 12.0. The first-order valence-electron chi connectivity index (χ1n) is 7.22. The van der Waals surface area contributed by atoms with Crippen molar-refractivity contribution in [3.63, 3.8) is 0 Å². The smallest absolute Gasteiger partial charge is 0.338 e. The minimum absolute atomic E-state index is 0.0946. The van der Waals surface area contributed by atoms with Gasteiger partial charge in [0, 0.05) is 6.42 Å². The highest BCUT2D eigenvalue weighted by atomic mass is 16.8. The summed E-state index contributed by atoms with van der Waals surface area (Å²) in [6, 6.07) is 8.93. The molecule has 114 valence electrons. The normalized spacial score (nSPS) is 31.7. The average molecular weight is 292 g/mol. The number of esters is 1. The Labute approximate surface area is 124 Å². The van der Waals surface area contributed by atoms with Crippen LogP contribution >= 0.6 is 0 Å². The predicted molar refractivity (Wildman–Crippen MR) is 74.6 cm³/mol. The highest BCUT2D eigenvalue weighted by Crippen LogP contribution is 2.38. The maximum absolute atomic E-state index is 12.0. The lowest BCUT2D eigenvalue weighted by Crippen LogP contribution is -2.32. The molecule has 5 nitrogen and oxygen atoms in total. The first-order chi connectivity index (χ1) is 9.94. The highest BCUT2D eigenvalue weighted by molar-refractivity contribution is 5.89. The van der Waals surface area contributed by atoms with E-state index in [4.69, 9.17) is 18.9 Å². The molecule has 21 heavy (non-hydrogen) atoms. The Morgan fingerprint density at radius 1 is 1.29 bits per heavy atom. The highest BCUT2D eigenvalue weighted by Gasteiger charge is 2.50. The monoisotopic (exact) mass is 292 g/mol. The largest absolute Gasteiger partial charge is 0.456 e. The van der Waals surface area contributed by atoms with Crippen molar-refractivity contribution < 1.29 is 23.7 Å². The standard InChI is InChI=1S/C16H20O5/c1-10(18-14(17)11-7-5-4-6-8-11)12-9-13-15(19-12)21-16(2,3)20-13/h4-8,10,12-13,15H,9H2,1-3H3/t10-,12?,13-,15-/m1/s1. The fraction of sp³-hybridized carbons (Fsp3) is 0.562. The van der Waals surface area contributed by atoms with Gasteiger partial charge in [0.1, 0.15) is 18.3 Å². The van der Waals surface area contributed by atoms with Crippen LogP contribution < -0.4 is 0 Å². The van der Waals surface area contributed by atoms with E-state index in [2.05, 4.69) is 0 Å². The van der Waals surface area contributed by atoms with Gasteiger partial charge in [-0.15, -0.1) is 0 Å². The zero-order chi connectivity index (χ0) is 15.0. The molecule has 3 rings (SSSR count). The van der Waals surface area contributed by atoms with Crippen LogP contribution in [0.2, 0.25) is 0 Å². The van der Waals surface area contributed by atoms with Gasteiger partial charge in [-0.05, 0) is 32.9 Å². The van der Waals surface area contributed by atoms with Crippen molar-refractivity contribution in [2.75, 3.05) is 0 Å². The Morgan fingerprint density at radius 2 is 2.00 bits per heavy atom. The van der Waals surface area contributed by atoms with Gasteiger partial charge < -0.3 is 18.9 Å². The molecule has 1 unspecified atom stereocenters. The second kappa shape index (κ2) is 5.40. The summed E-state index contributed by atoms with van der Waals surface area (Å²) in [6.45, 7) is 5.56. The molecule has 0 N–H and O–H groups in total. The van der Waals surface area contributed by atoms with Crippen molar-refractivity contribution in [1.29, 1.82) is 0 Å². The van der Waals surface area contributed by atoms with E-state index in [1.807, 2.05) is 39.0 Å². The molecule has 0 bridgehead atoms. The van der Waals surface area contributed by atoms with Crippen LogP contribution in [0.3, 0.4) is 0 Å². The van der Waals surface area contributed by atoms with E-state index in [0.717, 1.165) is 0 Å². The van der Waals surface area contributed by atoms with Crippen LogP contribution in [-0.4, -0.2) is 36.4 Å². The molecule has 2 fully saturated rings. The Hall–Kier alpha value is -1.43. The van der Waals surface area contributed by atoms with Crippen LogP contribution in [-0.2, 0) is 18.9 Å².